The first-order valence-electron chi connectivity index (χ1n) is 9.66. The van der Waals surface area contributed by atoms with E-state index in [1.807, 2.05) is 32.9 Å². The van der Waals surface area contributed by atoms with E-state index in [1.165, 1.54) is 12.1 Å². The number of hydrogen-bond acceptors (Lipinski definition) is 0. The van der Waals surface area contributed by atoms with Gasteiger partial charge >= 0.3 is 17.8 Å². The summed E-state index contributed by atoms with van der Waals surface area (Å²) in [5.41, 5.74) is 1.68. The molecule has 0 unspecified atom stereocenters. The number of aromatic nitrogens is 1. The minimum Gasteiger partial charge on any atom is -0.201 e. The van der Waals surface area contributed by atoms with Crippen LogP contribution in [0.2, 0.25) is 0 Å². The number of fused-ring (bicyclic) bond motifs is 1. The molecule has 1 aromatic heterocycles. The standard InChI is InChI=1S/C24H20F6N/c1-13-10-14(2)15(3)18(11-13)20-12-16(8-9-31(20)4)17-6-5-7-19-21(17)23(27,28)24(29,30)22(19,25)26/h5-12H,1-4H3/q+1. The summed E-state index contributed by atoms with van der Waals surface area (Å²) in [5, 5.41) is 0. The maximum atomic E-state index is 14.6. The van der Waals surface area contributed by atoms with Crippen LogP contribution in [0, 0.1) is 20.8 Å². The molecule has 0 amide bonds. The first-order chi connectivity index (χ1) is 14.3. The first-order valence-corrected chi connectivity index (χ1v) is 9.66. The quantitative estimate of drug-likeness (QED) is 0.315. The molecule has 0 saturated carbocycles. The number of hydrogen-bond donors (Lipinski definition) is 0. The van der Waals surface area contributed by atoms with E-state index in [-0.39, 0.29) is 11.1 Å². The van der Waals surface area contributed by atoms with Crippen LogP contribution in [0.4, 0.5) is 26.3 Å². The number of aryl methyl sites for hydroxylation is 3. The number of alkyl halides is 6. The minimum atomic E-state index is -5.51. The van der Waals surface area contributed by atoms with Crippen LogP contribution in [-0.2, 0) is 18.9 Å². The molecule has 162 valence electrons. The summed E-state index contributed by atoms with van der Waals surface area (Å²) >= 11 is 0. The summed E-state index contributed by atoms with van der Waals surface area (Å²) in [6, 6.07) is 9.91. The smallest absolute Gasteiger partial charge is 0.201 e. The Morgan fingerprint density at radius 3 is 2.13 bits per heavy atom. The van der Waals surface area contributed by atoms with Crippen LogP contribution in [0.3, 0.4) is 0 Å². The van der Waals surface area contributed by atoms with Gasteiger partial charge in [-0.1, -0.05) is 29.8 Å². The Morgan fingerprint density at radius 2 is 1.45 bits per heavy atom. The van der Waals surface area contributed by atoms with Crippen molar-refractivity contribution in [1.29, 1.82) is 0 Å². The molecule has 4 rings (SSSR count). The van der Waals surface area contributed by atoms with Gasteiger partial charge in [-0.3, -0.25) is 0 Å². The van der Waals surface area contributed by atoms with Gasteiger partial charge < -0.3 is 0 Å². The Bertz CT molecular complexity index is 1210. The second-order valence-corrected chi connectivity index (χ2v) is 8.12. The summed E-state index contributed by atoms with van der Waals surface area (Å²) < 4.78 is 87.5. The van der Waals surface area contributed by atoms with Gasteiger partial charge in [-0.05, 0) is 49.1 Å². The van der Waals surface area contributed by atoms with Crippen molar-refractivity contribution >= 4 is 0 Å². The SMILES string of the molecule is Cc1cc(C)c(C)c(-c2cc(-c3cccc4c3C(F)(F)C(F)(F)C4(F)F)cc[n+]2C)c1. The normalized spacial score (nSPS) is 18.1. The van der Waals surface area contributed by atoms with Crippen molar-refractivity contribution < 1.29 is 30.9 Å². The predicted molar refractivity (Wildman–Crippen MR) is 105 cm³/mol. The van der Waals surface area contributed by atoms with E-state index in [9.17, 15) is 26.3 Å². The highest BCUT2D eigenvalue weighted by Gasteiger charge is 2.79. The molecule has 0 atom stereocenters. The van der Waals surface area contributed by atoms with Gasteiger partial charge in [-0.25, -0.2) is 4.57 Å². The first kappa shape index (κ1) is 21.4. The third-order valence-corrected chi connectivity index (χ3v) is 6.05. The van der Waals surface area contributed by atoms with Crippen LogP contribution in [-0.4, -0.2) is 5.92 Å². The second kappa shape index (κ2) is 6.58. The molecule has 1 heterocycles. The molecule has 0 aliphatic heterocycles. The number of benzene rings is 2. The average Bonchev–Trinajstić information content (AvgIpc) is 2.80. The van der Waals surface area contributed by atoms with Crippen LogP contribution < -0.4 is 4.57 Å². The van der Waals surface area contributed by atoms with Crippen molar-refractivity contribution in [2.24, 2.45) is 7.05 Å². The molecule has 31 heavy (non-hydrogen) atoms. The molecule has 1 aliphatic carbocycles. The van der Waals surface area contributed by atoms with Crippen LogP contribution >= 0.6 is 0 Å². The average molecular weight is 436 g/mol. The third kappa shape index (κ3) is 2.82. The Hall–Kier alpha value is -2.83. The maximum Gasteiger partial charge on any atom is 0.380 e. The fourth-order valence-corrected chi connectivity index (χ4v) is 4.23. The third-order valence-electron chi connectivity index (χ3n) is 6.05. The monoisotopic (exact) mass is 436 g/mol. The van der Waals surface area contributed by atoms with E-state index in [4.69, 9.17) is 0 Å². The molecular formula is C24H20F6N+. The van der Waals surface area contributed by atoms with Crippen molar-refractivity contribution in [2.75, 3.05) is 0 Å². The zero-order valence-electron chi connectivity index (χ0n) is 17.3. The van der Waals surface area contributed by atoms with Gasteiger partial charge in [-0.2, -0.15) is 26.3 Å². The molecule has 7 heteroatoms. The van der Waals surface area contributed by atoms with E-state index in [1.54, 1.807) is 23.9 Å². The molecule has 0 spiro atoms. The number of pyridine rings is 1. The molecule has 1 nitrogen and oxygen atoms in total. The van der Waals surface area contributed by atoms with Crippen LogP contribution in [0.1, 0.15) is 27.8 Å². The van der Waals surface area contributed by atoms with Gasteiger partial charge in [-0.15, -0.1) is 0 Å². The van der Waals surface area contributed by atoms with E-state index in [0.717, 1.165) is 28.3 Å². The summed E-state index contributed by atoms with van der Waals surface area (Å²) in [7, 11) is 1.77. The van der Waals surface area contributed by atoms with Gasteiger partial charge in [0.25, 0.3) is 0 Å². The zero-order valence-corrected chi connectivity index (χ0v) is 17.3. The highest BCUT2D eigenvalue weighted by atomic mass is 19.3. The minimum absolute atomic E-state index is 0.164. The highest BCUT2D eigenvalue weighted by molar-refractivity contribution is 5.76. The lowest BCUT2D eigenvalue weighted by atomic mass is 9.92. The summed E-state index contributed by atoms with van der Waals surface area (Å²) in [6.07, 6.45) is 1.60. The fourth-order valence-electron chi connectivity index (χ4n) is 4.23. The molecule has 0 radical (unpaired) electrons. The van der Waals surface area contributed by atoms with Crippen molar-refractivity contribution in [2.45, 2.75) is 38.5 Å². The van der Waals surface area contributed by atoms with E-state index in [2.05, 4.69) is 0 Å². The molecule has 0 N–H and O–H groups in total. The van der Waals surface area contributed by atoms with Gasteiger partial charge in [0.05, 0.1) is 0 Å². The Kier molecular flexibility index (Phi) is 4.54. The van der Waals surface area contributed by atoms with E-state index >= 15 is 0 Å². The Labute approximate surface area is 176 Å². The molecule has 0 bridgehead atoms. The zero-order chi connectivity index (χ0) is 22.9. The second-order valence-electron chi connectivity index (χ2n) is 8.12. The summed E-state index contributed by atoms with van der Waals surface area (Å²) in [5.74, 6) is -15.5. The summed E-state index contributed by atoms with van der Waals surface area (Å²) in [6.45, 7) is 5.80. The van der Waals surface area contributed by atoms with Crippen molar-refractivity contribution in [3.05, 3.63) is 76.5 Å². The number of rotatable bonds is 2. The van der Waals surface area contributed by atoms with E-state index < -0.39 is 28.9 Å². The molecule has 0 fully saturated rings. The molecule has 2 aromatic carbocycles. The Balaban J connectivity index is 1.99. The van der Waals surface area contributed by atoms with Crippen LogP contribution in [0.5, 0.6) is 0 Å². The van der Waals surface area contributed by atoms with Crippen molar-refractivity contribution in [3.8, 4) is 22.4 Å². The van der Waals surface area contributed by atoms with Crippen LogP contribution in [0.15, 0.2) is 48.7 Å². The van der Waals surface area contributed by atoms with Crippen molar-refractivity contribution in [3.63, 3.8) is 0 Å². The molecule has 3 aromatic rings. The lowest BCUT2D eigenvalue weighted by Gasteiger charge is -2.24. The number of halogens is 6. The topological polar surface area (TPSA) is 3.88 Å². The highest BCUT2D eigenvalue weighted by Crippen LogP contribution is 2.64. The van der Waals surface area contributed by atoms with Gasteiger partial charge in [0, 0.05) is 28.8 Å². The number of nitrogens with zero attached hydrogens (tertiary/aromatic N) is 1. The fraction of sp³-hybridized carbons (Fsp3) is 0.292. The lowest BCUT2D eigenvalue weighted by molar-refractivity contribution is -0.660. The molecular weight excluding hydrogens is 416 g/mol. The van der Waals surface area contributed by atoms with E-state index in [0.29, 0.717) is 11.8 Å². The van der Waals surface area contributed by atoms with Gasteiger partial charge in [0.1, 0.15) is 7.05 Å². The Morgan fingerprint density at radius 1 is 0.774 bits per heavy atom. The lowest BCUT2D eigenvalue weighted by Crippen LogP contribution is -2.43. The molecule has 0 saturated heterocycles. The van der Waals surface area contributed by atoms with Gasteiger partial charge in [0.15, 0.2) is 6.20 Å². The summed E-state index contributed by atoms with van der Waals surface area (Å²) in [4.78, 5) is 0. The maximum absolute atomic E-state index is 14.6. The van der Waals surface area contributed by atoms with Crippen LogP contribution in [0.25, 0.3) is 22.4 Å². The van der Waals surface area contributed by atoms with Gasteiger partial charge in [0.2, 0.25) is 5.69 Å². The van der Waals surface area contributed by atoms with Crippen molar-refractivity contribution in [1.82, 2.24) is 0 Å². The largest absolute Gasteiger partial charge is 0.380 e. The molecule has 1 aliphatic rings. The predicted octanol–water partition coefficient (Wildman–Crippen LogP) is 6.60.